The Balaban J connectivity index is 1.90. The zero-order valence-electron chi connectivity index (χ0n) is 20.8. The first-order chi connectivity index (χ1) is 17.8. The van der Waals surface area contributed by atoms with Crippen molar-refractivity contribution < 1.29 is 19.0 Å². The molecule has 0 spiro atoms. The molecule has 1 unspecified atom stereocenters. The van der Waals surface area contributed by atoms with Crippen LogP contribution in [0.3, 0.4) is 0 Å². The fourth-order valence-corrected chi connectivity index (χ4v) is 5.57. The van der Waals surface area contributed by atoms with E-state index >= 15 is 0 Å². The molecule has 0 N–H and O–H groups in total. The van der Waals surface area contributed by atoms with Crippen LogP contribution in [0.5, 0.6) is 11.5 Å². The van der Waals surface area contributed by atoms with E-state index < -0.39 is 12.0 Å². The summed E-state index contributed by atoms with van der Waals surface area (Å²) in [6.45, 7) is 4.37. The molecule has 194 valence electrons. The van der Waals surface area contributed by atoms with E-state index in [2.05, 4.69) is 11.9 Å². The van der Waals surface area contributed by atoms with Crippen LogP contribution in [0.25, 0.3) is 6.08 Å². The van der Waals surface area contributed by atoms with Gasteiger partial charge in [-0.2, -0.15) is 0 Å². The maximum absolute atomic E-state index is 13.7. The Morgan fingerprint density at radius 2 is 1.95 bits per heavy atom. The van der Waals surface area contributed by atoms with Crippen molar-refractivity contribution in [3.63, 3.8) is 0 Å². The van der Waals surface area contributed by atoms with E-state index in [0.717, 1.165) is 12.8 Å². The number of ether oxygens (including phenoxy) is 3. The molecule has 0 saturated heterocycles. The van der Waals surface area contributed by atoms with Crippen molar-refractivity contribution in [1.29, 1.82) is 0 Å². The average Bonchev–Trinajstić information content (AvgIpc) is 3.19. The highest BCUT2D eigenvalue weighted by molar-refractivity contribution is 7.07. The molecule has 0 aliphatic carbocycles. The number of aromatic nitrogens is 1. The second-order valence-corrected chi connectivity index (χ2v) is 10.2. The summed E-state index contributed by atoms with van der Waals surface area (Å²) in [5.74, 6) is 0.524. The SMILES string of the molecule is CCCCOc1ccc(C2C(C(=O)OC)=C(C)N=c3sc(=Cc4ccc(Cl)cc4Cl)c(=O)n32)cc1OC. The summed E-state index contributed by atoms with van der Waals surface area (Å²) < 4.78 is 18.5. The number of allylic oxidation sites excluding steroid dienone is 1. The number of thiazole rings is 1. The number of fused-ring (bicyclic) bond motifs is 1. The molecule has 37 heavy (non-hydrogen) atoms. The smallest absolute Gasteiger partial charge is 0.338 e. The minimum Gasteiger partial charge on any atom is -0.493 e. The van der Waals surface area contributed by atoms with Gasteiger partial charge in [0.25, 0.3) is 5.56 Å². The standard InChI is InChI=1S/C27H26Cl2N2O5S/c1-5-6-11-36-20-10-8-17(12-21(20)34-3)24-23(26(33)35-4)15(2)30-27-31(24)25(32)22(37-27)13-16-7-9-18(28)14-19(16)29/h7-10,12-14,24H,5-6,11H2,1-4H3. The molecular formula is C27H26Cl2N2O5S. The van der Waals surface area contributed by atoms with E-state index in [1.165, 1.54) is 23.0 Å². The van der Waals surface area contributed by atoms with Crippen LogP contribution in [-0.4, -0.2) is 31.4 Å². The molecule has 7 nitrogen and oxygen atoms in total. The van der Waals surface area contributed by atoms with E-state index in [1.807, 2.05) is 6.07 Å². The first kappa shape index (κ1) is 27.0. The predicted octanol–water partition coefficient (Wildman–Crippen LogP) is 4.90. The minimum absolute atomic E-state index is 0.271. The third-order valence-corrected chi connectivity index (χ3v) is 7.48. The van der Waals surface area contributed by atoms with Crippen LogP contribution in [0.15, 0.2) is 57.5 Å². The van der Waals surface area contributed by atoms with Crippen molar-refractivity contribution in [2.75, 3.05) is 20.8 Å². The molecule has 0 radical (unpaired) electrons. The van der Waals surface area contributed by atoms with Crippen molar-refractivity contribution in [3.05, 3.63) is 88.5 Å². The van der Waals surface area contributed by atoms with Gasteiger partial charge in [-0.3, -0.25) is 9.36 Å². The first-order valence-electron chi connectivity index (χ1n) is 11.7. The number of nitrogens with zero attached hydrogens (tertiary/aromatic N) is 2. The van der Waals surface area contributed by atoms with Gasteiger partial charge in [-0.1, -0.05) is 60.0 Å². The number of rotatable bonds is 8. The van der Waals surface area contributed by atoms with Crippen LogP contribution >= 0.6 is 34.5 Å². The van der Waals surface area contributed by atoms with Gasteiger partial charge in [0.05, 0.1) is 42.7 Å². The number of unbranched alkanes of at least 4 members (excludes halogenated alkanes) is 1. The molecule has 1 aliphatic rings. The number of esters is 1. The summed E-state index contributed by atoms with van der Waals surface area (Å²) in [6, 6.07) is 9.68. The molecule has 0 bridgehead atoms. The maximum Gasteiger partial charge on any atom is 0.338 e. The summed E-state index contributed by atoms with van der Waals surface area (Å²) >= 11 is 13.6. The van der Waals surface area contributed by atoms with Crippen molar-refractivity contribution >= 4 is 46.6 Å². The van der Waals surface area contributed by atoms with E-state index in [1.54, 1.807) is 50.4 Å². The molecule has 10 heteroatoms. The van der Waals surface area contributed by atoms with E-state index in [-0.39, 0.29) is 11.1 Å². The zero-order chi connectivity index (χ0) is 26.7. The van der Waals surface area contributed by atoms with Crippen molar-refractivity contribution in [2.45, 2.75) is 32.7 Å². The Morgan fingerprint density at radius 3 is 2.62 bits per heavy atom. The third-order valence-electron chi connectivity index (χ3n) is 5.93. The fourth-order valence-electron chi connectivity index (χ4n) is 4.07. The number of benzene rings is 2. The predicted molar refractivity (Wildman–Crippen MR) is 146 cm³/mol. The number of hydrogen-bond donors (Lipinski definition) is 0. The summed E-state index contributed by atoms with van der Waals surface area (Å²) in [7, 11) is 2.86. The normalized spacial score (nSPS) is 15.3. The van der Waals surface area contributed by atoms with Crippen molar-refractivity contribution in [2.24, 2.45) is 4.99 Å². The Bertz CT molecular complexity index is 1560. The molecule has 1 atom stereocenters. The highest BCUT2D eigenvalue weighted by Crippen LogP contribution is 2.36. The maximum atomic E-state index is 13.7. The molecule has 1 aliphatic heterocycles. The Hall–Kier alpha value is -3.07. The average molecular weight is 561 g/mol. The summed E-state index contributed by atoms with van der Waals surface area (Å²) in [5.41, 5.74) is 1.73. The van der Waals surface area contributed by atoms with Crippen molar-refractivity contribution in [3.8, 4) is 11.5 Å². The van der Waals surface area contributed by atoms with Gasteiger partial charge >= 0.3 is 5.97 Å². The number of methoxy groups -OCH3 is 2. The summed E-state index contributed by atoms with van der Waals surface area (Å²) in [6.07, 6.45) is 3.61. The molecule has 2 heterocycles. The molecule has 0 saturated carbocycles. The van der Waals surface area contributed by atoms with Gasteiger partial charge in [0.2, 0.25) is 0 Å². The number of carbonyl (C=O) groups is 1. The van der Waals surface area contributed by atoms with Gasteiger partial charge in [-0.15, -0.1) is 0 Å². The van der Waals surface area contributed by atoms with Gasteiger partial charge in [0.15, 0.2) is 16.3 Å². The molecular weight excluding hydrogens is 535 g/mol. The Labute approximate surface area is 228 Å². The Morgan fingerprint density at radius 1 is 1.16 bits per heavy atom. The molecule has 0 fully saturated rings. The second-order valence-electron chi connectivity index (χ2n) is 8.35. The molecule has 3 aromatic rings. The lowest BCUT2D eigenvalue weighted by atomic mass is 9.95. The van der Waals surface area contributed by atoms with E-state index in [9.17, 15) is 9.59 Å². The van der Waals surface area contributed by atoms with Crippen molar-refractivity contribution in [1.82, 2.24) is 4.57 Å². The third kappa shape index (κ3) is 5.46. The quantitative estimate of drug-likeness (QED) is 0.289. The van der Waals surface area contributed by atoms with Crippen LogP contribution in [0.1, 0.15) is 43.9 Å². The van der Waals surface area contributed by atoms with Crippen LogP contribution in [0.2, 0.25) is 10.0 Å². The largest absolute Gasteiger partial charge is 0.493 e. The zero-order valence-corrected chi connectivity index (χ0v) is 23.2. The summed E-state index contributed by atoms with van der Waals surface area (Å²) in [5, 5.41) is 0.919. The van der Waals surface area contributed by atoms with Crippen LogP contribution in [0.4, 0.5) is 0 Å². The lowest BCUT2D eigenvalue weighted by molar-refractivity contribution is -0.136. The van der Waals surface area contributed by atoms with E-state index in [0.29, 0.717) is 54.3 Å². The van der Waals surface area contributed by atoms with Crippen LogP contribution < -0.4 is 24.4 Å². The van der Waals surface area contributed by atoms with Gasteiger partial charge in [-0.05, 0) is 54.8 Å². The number of hydrogen-bond acceptors (Lipinski definition) is 7. The van der Waals surface area contributed by atoms with Crippen LogP contribution in [-0.2, 0) is 9.53 Å². The van der Waals surface area contributed by atoms with Gasteiger partial charge in [0, 0.05) is 10.0 Å². The minimum atomic E-state index is -0.773. The topological polar surface area (TPSA) is 79.1 Å². The lowest BCUT2D eigenvalue weighted by Gasteiger charge is -2.25. The highest BCUT2D eigenvalue weighted by Gasteiger charge is 2.33. The molecule has 1 aromatic heterocycles. The Kier molecular flexibility index (Phi) is 8.42. The van der Waals surface area contributed by atoms with E-state index in [4.69, 9.17) is 37.4 Å². The van der Waals surface area contributed by atoms with Gasteiger partial charge < -0.3 is 14.2 Å². The number of carbonyl (C=O) groups excluding carboxylic acids is 1. The fraction of sp³-hybridized carbons (Fsp3) is 0.296. The summed E-state index contributed by atoms with van der Waals surface area (Å²) in [4.78, 5) is 31.7. The molecule has 2 aromatic carbocycles. The van der Waals surface area contributed by atoms with Crippen LogP contribution in [0, 0.1) is 0 Å². The first-order valence-corrected chi connectivity index (χ1v) is 13.2. The second kappa shape index (κ2) is 11.5. The van der Waals surface area contributed by atoms with Gasteiger partial charge in [-0.25, -0.2) is 9.79 Å². The highest BCUT2D eigenvalue weighted by atomic mass is 35.5. The lowest BCUT2D eigenvalue weighted by Crippen LogP contribution is -2.39. The monoisotopic (exact) mass is 560 g/mol. The molecule has 4 rings (SSSR count). The number of halogens is 2. The molecule has 0 amide bonds. The van der Waals surface area contributed by atoms with Gasteiger partial charge in [0.1, 0.15) is 0 Å².